The van der Waals surface area contributed by atoms with Crippen LogP contribution in [0, 0.1) is 6.92 Å². The van der Waals surface area contributed by atoms with Crippen LogP contribution in [0.3, 0.4) is 0 Å². The summed E-state index contributed by atoms with van der Waals surface area (Å²) in [7, 11) is 0. The van der Waals surface area contributed by atoms with Crippen LogP contribution in [0.25, 0.3) is 0 Å². The Morgan fingerprint density at radius 1 is 1.36 bits per heavy atom. The number of aliphatic hydroxyl groups is 1. The van der Waals surface area contributed by atoms with E-state index in [1.807, 2.05) is 4.90 Å². The van der Waals surface area contributed by atoms with Crippen LogP contribution in [-0.2, 0) is 6.18 Å². The third kappa shape index (κ3) is 6.63. The molecule has 0 bridgehead atoms. The van der Waals surface area contributed by atoms with E-state index in [1.54, 1.807) is 24.0 Å². The summed E-state index contributed by atoms with van der Waals surface area (Å²) in [6.45, 7) is 3.02. The number of nitrogens with one attached hydrogen (secondary N) is 2. The fraction of sp³-hybridized carbons (Fsp3) is 0.500. The normalized spacial score (nSPS) is 16.6. The Kier molecular flexibility index (Phi) is 8.33. The number of hydrogen-bond donors (Lipinski definition) is 3. The number of carbonyl (C=O) groups excluding carboxylic acids is 1. The van der Waals surface area contributed by atoms with Gasteiger partial charge >= 0.3 is 11.0 Å². The van der Waals surface area contributed by atoms with E-state index < -0.39 is 33.6 Å². The minimum absolute atomic E-state index is 0.0617. The number of nitrogens with zero attached hydrogens (tertiary/aromatic N) is 1. The number of amides is 1. The van der Waals surface area contributed by atoms with Crippen molar-refractivity contribution in [2.75, 3.05) is 26.2 Å². The van der Waals surface area contributed by atoms with E-state index in [1.165, 1.54) is 0 Å². The number of carbonyl (C=O) groups is 1. The second kappa shape index (κ2) is 10.6. The zero-order valence-electron chi connectivity index (χ0n) is 17.5. The molecule has 1 aliphatic rings. The number of halogens is 5. The number of β-amino-alcohol motifs (C(OH)–C–C–N with tert-alkyl or cyclic N) is 1. The quantitative estimate of drug-likeness (QED) is 0.510. The molecule has 1 aliphatic heterocycles. The second-order valence-corrected chi connectivity index (χ2v) is 9.45. The highest BCUT2D eigenvalue weighted by Gasteiger charge is 2.38. The lowest BCUT2D eigenvalue weighted by Crippen LogP contribution is -2.45. The summed E-state index contributed by atoms with van der Waals surface area (Å²) in [5, 5.41) is 13.5. The maximum Gasteiger partial charge on any atom is 0.432 e. The lowest BCUT2D eigenvalue weighted by atomic mass is 10.1. The van der Waals surface area contributed by atoms with Gasteiger partial charge in [0.2, 0.25) is 0 Å². The maximum absolute atomic E-state index is 12.9. The molecule has 13 heteroatoms. The van der Waals surface area contributed by atoms with Gasteiger partial charge in [-0.25, -0.2) is 0 Å². The lowest BCUT2D eigenvalue weighted by Gasteiger charge is -2.33. The molecule has 0 aliphatic carbocycles. The molecule has 1 atom stereocenters. The summed E-state index contributed by atoms with van der Waals surface area (Å²) in [4.78, 5) is 25.2. The standard InChI is InChI=1S/C20H22Cl2F3N3O4S/c1-10-13(21)2-3-14(15(10)22)32-12-4-6-28(7-5-12)9-11(29)8-26-18(30)16-17(20(23,24)25)27-19(31)33-16/h2-3,11-12,29H,4-9H2,1H3,(H,26,30)(H,27,31). The zero-order chi connectivity index (χ0) is 24.3. The third-order valence-electron chi connectivity index (χ3n) is 5.22. The van der Waals surface area contributed by atoms with Crippen molar-refractivity contribution in [1.29, 1.82) is 0 Å². The van der Waals surface area contributed by atoms with Gasteiger partial charge in [-0.1, -0.05) is 34.5 Å². The molecule has 0 radical (unpaired) electrons. The largest absolute Gasteiger partial charge is 0.489 e. The summed E-state index contributed by atoms with van der Waals surface area (Å²) in [6, 6.07) is 3.45. The predicted molar refractivity (Wildman–Crippen MR) is 120 cm³/mol. The fourth-order valence-corrected chi connectivity index (χ4v) is 4.65. The zero-order valence-corrected chi connectivity index (χ0v) is 19.8. The van der Waals surface area contributed by atoms with Crippen molar-refractivity contribution >= 4 is 40.4 Å². The molecule has 1 fully saturated rings. The highest BCUT2D eigenvalue weighted by atomic mass is 35.5. The molecule has 1 saturated heterocycles. The Hall–Kier alpha value is -1.79. The van der Waals surface area contributed by atoms with Gasteiger partial charge < -0.3 is 25.0 Å². The lowest BCUT2D eigenvalue weighted by molar-refractivity contribution is -0.141. The number of alkyl halides is 3. The van der Waals surface area contributed by atoms with Gasteiger partial charge in [0.15, 0.2) is 0 Å². The van der Waals surface area contributed by atoms with Crippen LogP contribution in [-0.4, -0.2) is 59.3 Å². The van der Waals surface area contributed by atoms with Crippen molar-refractivity contribution in [3.8, 4) is 5.75 Å². The number of ether oxygens (including phenoxy) is 1. The van der Waals surface area contributed by atoms with Crippen LogP contribution >= 0.6 is 34.5 Å². The van der Waals surface area contributed by atoms with Crippen LogP contribution in [0.4, 0.5) is 13.2 Å². The van der Waals surface area contributed by atoms with E-state index in [9.17, 15) is 27.9 Å². The molecule has 0 spiro atoms. The van der Waals surface area contributed by atoms with E-state index in [0.717, 1.165) is 5.56 Å². The van der Waals surface area contributed by atoms with Crippen molar-refractivity contribution in [3.63, 3.8) is 0 Å². The SMILES string of the molecule is Cc1c(Cl)ccc(OC2CCN(CC(O)CNC(=O)c3sc(=O)[nH]c3C(F)(F)F)CC2)c1Cl. The fourth-order valence-electron chi connectivity index (χ4n) is 3.46. The second-order valence-electron chi connectivity index (χ2n) is 7.68. The van der Waals surface area contributed by atoms with Crippen molar-refractivity contribution in [3.05, 3.63) is 48.0 Å². The van der Waals surface area contributed by atoms with Crippen molar-refractivity contribution < 1.29 is 27.8 Å². The number of benzene rings is 1. The molecule has 1 aromatic carbocycles. The Morgan fingerprint density at radius 3 is 2.67 bits per heavy atom. The van der Waals surface area contributed by atoms with Crippen LogP contribution in [0.1, 0.15) is 33.8 Å². The highest BCUT2D eigenvalue weighted by Crippen LogP contribution is 2.34. The first-order chi connectivity index (χ1) is 15.5. The first-order valence-corrected chi connectivity index (χ1v) is 11.6. The van der Waals surface area contributed by atoms with Gasteiger partial charge in [0.25, 0.3) is 5.91 Å². The molecule has 2 heterocycles. The van der Waals surface area contributed by atoms with Crippen LogP contribution in [0.2, 0.25) is 10.0 Å². The Morgan fingerprint density at radius 2 is 2.03 bits per heavy atom. The maximum atomic E-state index is 12.9. The Labute approximate surface area is 201 Å². The molecule has 0 saturated carbocycles. The number of piperidine rings is 1. The van der Waals surface area contributed by atoms with E-state index in [-0.39, 0.29) is 30.5 Å². The topological polar surface area (TPSA) is 94.7 Å². The number of thiazole rings is 1. The summed E-state index contributed by atoms with van der Waals surface area (Å²) in [6.07, 6.45) is -4.54. The average Bonchev–Trinajstić information content (AvgIpc) is 3.16. The van der Waals surface area contributed by atoms with Gasteiger partial charge in [0.05, 0.1) is 11.1 Å². The Balaban J connectivity index is 1.45. The van der Waals surface area contributed by atoms with Gasteiger partial charge in [0, 0.05) is 31.2 Å². The summed E-state index contributed by atoms with van der Waals surface area (Å²) in [5.74, 6) is -0.503. The highest BCUT2D eigenvalue weighted by molar-refractivity contribution is 7.11. The van der Waals surface area contributed by atoms with Crippen molar-refractivity contribution in [1.82, 2.24) is 15.2 Å². The smallest absolute Gasteiger partial charge is 0.432 e. The van der Waals surface area contributed by atoms with E-state index in [4.69, 9.17) is 27.9 Å². The number of likely N-dealkylation sites (tertiary alicyclic amines) is 1. The van der Waals surface area contributed by atoms with Crippen LogP contribution in [0.15, 0.2) is 16.9 Å². The summed E-state index contributed by atoms with van der Waals surface area (Å²) in [5.41, 5.74) is -0.643. The van der Waals surface area contributed by atoms with Crippen molar-refractivity contribution in [2.45, 2.75) is 38.1 Å². The van der Waals surface area contributed by atoms with E-state index >= 15 is 0 Å². The Bertz CT molecular complexity index is 1050. The molecular formula is C20H22Cl2F3N3O4S. The molecule has 1 unspecified atom stereocenters. The molecule has 7 nitrogen and oxygen atoms in total. The molecule has 3 rings (SSSR count). The molecule has 2 aromatic rings. The van der Waals surface area contributed by atoms with Crippen LogP contribution in [0.5, 0.6) is 5.75 Å². The molecule has 1 amide bonds. The molecular weight excluding hydrogens is 506 g/mol. The van der Waals surface area contributed by atoms with Gasteiger partial charge in [-0.2, -0.15) is 13.2 Å². The van der Waals surface area contributed by atoms with Gasteiger partial charge in [-0.3, -0.25) is 9.59 Å². The first kappa shape index (κ1) is 25.8. The molecule has 33 heavy (non-hydrogen) atoms. The number of aromatic nitrogens is 1. The van der Waals surface area contributed by atoms with E-state index in [2.05, 4.69) is 5.32 Å². The first-order valence-electron chi connectivity index (χ1n) is 10.1. The monoisotopic (exact) mass is 527 g/mol. The average molecular weight is 528 g/mol. The van der Waals surface area contributed by atoms with Gasteiger partial charge in [0.1, 0.15) is 22.4 Å². The number of H-pyrrole nitrogens is 1. The summed E-state index contributed by atoms with van der Waals surface area (Å²) >= 11 is 12.5. The number of rotatable bonds is 7. The third-order valence-corrected chi connectivity index (χ3v) is 6.98. The number of aliphatic hydroxyl groups excluding tert-OH is 1. The van der Waals surface area contributed by atoms with Crippen molar-refractivity contribution in [2.24, 2.45) is 0 Å². The molecule has 182 valence electrons. The van der Waals surface area contributed by atoms with Gasteiger partial charge in [-0.15, -0.1) is 0 Å². The molecule has 3 N–H and O–H groups in total. The molecule has 1 aromatic heterocycles. The number of aromatic amines is 1. The minimum atomic E-state index is -4.86. The minimum Gasteiger partial charge on any atom is -0.489 e. The van der Waals surface area contributed by atoms with E-state index in [0.29, 0.717) is 41.7 Å². The van der Waals surface area contributed by atoms with Gasteiger partial charge in [-0.05, 0) is 37.5 Å². The summed E-state index contributed by atoms with van der Waals surface area (Å²) < 4.78 is 44.8. The predicted octanol–water partition coefficient (Wildman–Crippen LogP) is 3.70. The number of hydrogen-bond acceptors (Lipinski definition) is 6. The van der Waals surface area contributed by atoms with Crippen LogP contribution < -0.4 is 14.9 Å².